The molecule has 3 rings (SSSR count). The maximum absolute atomic E-state index is 13.1. The molecule has 1 saturated heterocycles. The minimum atomic E-state index is -4.00. The van der Waals surface area contributed by atoms with Gasteiger partial charge < -0.3 is 20.5 Å². The van der Waals surface area contributed by atoms with E-state index in [4.69, 9.17) is 27.9 Å². The Bertz CT molecular complexity index is 895. The van der Waals surface area contributed by atoms with Gasteiger partial charge in [-0.25, -0.2) is 13.2 Å². The van der Waals surface area contributed by atoms with Gasteiger partial charge in [-0.2, -0.15) is 0 Å². The molecule has 0 saturated carbocycles. The normalized spacial score (nSPS) is 25.3. The van der Waals surface area contributed by atoms with Crippen molar-refractivity contribution in [2.24, 2.45) is 0 Å². The highest BCUT2D eigenvalue weighted by atomic mass is 35.5. The molecule has 148 valence electrons. The molecule has 1 aromatic rings. The minimum absolute atomic E-state index is 0.00968. The molecule has 27 heavy (non-hydrogen) atoms. The number of hydrogen-bond donors (Lipinski definition) is 3. The lowest BCUT2D eigenvalue weighted by atomic mass is 10.1. The van der Waals surface area contributed by atoms with Crippen molar-refractivity contribution in [1.82, 2.24) is 5.32 Å². The average Bonchev–Trinajstić information content (AvgIpc) is 3.20. The third-order valence-corrected chi connectivity index (χ3v) is 8.28. The first-order valence-corrected chi connectivity index (χ1v) is 10.7. The second kappa shape index (κ2) is 7.50. The van der Waals surface area contributed by atoms with E-state index in [9.17, 15) is 18.3 Å². The van der Waals surface area contributed by atoms with Gasteiger partial charge in [0.15, 0.2) is 15.6 Å². The number of halogens is 2. The van der Waals surface area contributed by atoms with Crippen LogP contribution in [0.5, 0.6) is 5.75 Å². The predicted octanol–water partition coefficient (Wildman–Crippen LogP) is 3.40. The monoisotopic (exact) mass is 434 g/mol. The molecule has 2 amide bonds. The lowest BCUT2D eigenvalue weighted by Gasteiger charge is -2.24. The van der Waals surface area contributed by atoms with Crippen molar-refractivity contribution < 1.29 is 23.1 Å². The van der Waals surface area contributed by atoms with E-state index >= 15 is 0 Å². The first-order chi connectivity index (χ1) is 12.7. The molecule has 1 heterocycles. The molecule has 1 aromatic carbocycles. The third kappa shape index (κ3) is 3.76. The van der Waals surface area contributed by atoms with E-state index in [2.05, 4.69) is 10.6 Å². The molecule has 7 nitrogen and oxygen atoms in total. The fourth-order valence-corrected chi connectivity index (χ4v) is 5.64. The van der Waals surface area contributed by atoms with Crippen molar-refractivity contribution in [3.8, 4) is 5.75 Å². The number of urea groups is 1. The second-order valence-corrected chi connectivity index (χ2v) is 10.1. The number of aromatic hydroxyl groups is 1. The molecule has 1 aliphatic heterocycles. The van der Waals surface area contributed by atoms with Crippen LogP contribution in [0, 0.1) is 0 Å². The van der Waals surface area contributed by atoms with Crippen LogP contribution in [0.2, 0.25) is 5.02 Å². The molecule has 2 aliphatic rings. The molecule has 0 aromatic heterocycles. The molecular formula is C17H20Cl2N2O5S. The Hall–Kier alpha value is -1.48. The maximum Gasteiger partial charge on any atom is 0.319 e. The highest BCUT2D eigenvalue weighted by molar-refractivity contribution is 7.93. The fourth-order valence-electron chi connectivity index (χ4n) is 3.14. The van der Waals surface area contributed by atoms with Crippen molar-refractivity contribution in [3.05, 3.63) is 28.3 Å². The van der Waals surface area contributed by atoms with Gasteiger partial charge in [0.25, 0.3) is 0 Å². The van der Waals surface area contributed by atoms with Crippen LogP contribution in [-0.4, -0.2) is 43.6 Å². The Balaban J connectivity index is 1.87. The summed E-state index contributed by atoms with van der Waals surface area (Å²) in [6.07, 6.45) is 3.55. The number of anilines is 1. The summed E-state index contributed by atoms with van der Waals surface area (Å²) < 4.78 is 30.2. The SMILES string of the molecule is C[C@]1(S(=O)(=O)c2c(Cl)ccc(NC(=O)N[C@@H]3CCC=C3Cl)c2O)CCOC1. The number of amides is 2. The van der Waals surface area contributed by atoms with Gasteiger partial charge in [0.1, 0.15) is 4.90 Å². The summed E-state index contributed by atoms with van der Waals surface area (Å²) in [6, 6.07) is 1.75. The standard InChI is InChI=1S/C17H20Cl2N2O5S/c1-17(7-8-26-9-17)27(24,25)15-11(19)5-6-13(14(15)22)21-16(23)20-12-4-2-3-10(12)18/h3,5-6,12,22H,2,4,7-9H2,1H3,(H2,20,21,23)/t12-,17+/m1/s1. The Morgan fingerprint density at radius 2 is 2.11 bits per heavy atom. The van der Waals surface area contributed by atoms with E-state index in [0.29, 0.717) is 18.1 Å². The number of rotatable bonds is 4. The van der Waals surface area contributed by atoms with Crippen molar-refractivity contribution in [2.45, 2.75) is 41.9 Å². The minimum Gasteiger partial charge on any atom is -0.504 e. The largest absolute Gasteiger partial charge is 0.504 e. The smallest absolute Gasteiger partial charge is 0.319 e. The number of phenols is 1. The van der Waals surface area contributed by atoms with Gasteiger partial charge in [-0.3, -0.25) is 0 Å². The number of phenolic OH excluding ortho intramolecular Hbond substituents is 1. The zero-order valence-corrected chi connectivity index (χ0v) is 16.9. The van der Waals surface area contributed by atoms with Crippen molar-refractivity contribution in [1.29, 1.82) is 0 Å². The molecule has 1 fully saturated rings. The molecule has 0 spiro atoms. The van der Waals surface area contributed by atoms with Crippen LogP contribution in [-0.2, 0) is 14.6 Å². The Morgan fingerprint density at radius 1 is 1.37 bits per heavy atom. The fraction of sp³-hybridized carbons (Fsp3) is 0.471. The summed E-state index contributed by atoms with van der Waals surface area (Å²) in [7, 11) is -4.00. The van der Waals surface area contributed by atoms with E-state index in [1.807, 2.05) is 6.08 Å². The summed E-state index contributed by atoms with van der Waals surface area (Å²) in [5, 5.41) is 16.1. The van der Waals surface area contributed by atoms with Gasteiger partial charge in [-0.1, -0.05) is 29.3 Å². The number of hydrogen-bond acceptors (Lipinski definition) is 5. The molecular weight excluding hydrogens is 415 g/mol. The molecule has 10 heteroatoms. The van der Waals surface area contributed by atoms with Gasteiger partial charge in [-0.05, 0) is 38.3 Å². The zero-order chi connectivity index (χ0) is 19.8. The summed E-state index contributed by atoms with van der Waals surface area (Å²) in [5.74, 6) is -0.598. The number of carbonyl (C=O) groups excluding carboxylic acids is 1. The maximum atomic E-state index is 13.1. The summed E-state index contributed by atoms with van der Waals surface area (Å²) in [6.45, 7) is 1.87. The first-order valence-electron chi connectivity index (χ1n) is 8.42. The van der Waals surface area contributed by atoms with E-state index in [1.165, 1.54) is 12.1 Å². The second-order valence-electron chi connectivity index (χ2n) is 6.85. The van der Waals surface area contributed by atoms with Crippen LogP contribution in [0.3, 0.4) is 0 Å². The molecule has 3 N–H and O–H groups in total. The van der Waals surface area contributed by atoms with Gasteiger partial charge >= 0.3 is 6.03 Å². The molecule has 0 bridgehead atoms. The Labute approximate surface area is 167 Å². The van der Waals surface area contributed by atoms with E-state index in [1.54, 1.807) is 6.92 Å². The van der Waals surface area contributed by atoms with E-state index in [-0.39, 0.29) is 29.8 Å². The first kappa shape index (κ1) is 20.3. The number of sulfone groups is 1. The number of ether oxygens (including phenoxy) is 1. The predicted molar refractivity (Wildman–Crippen MR) is 103 cm³/mol. The van der Waals surface area contributed by atoms with Crippen molar-refractivity contribution in [2.75, 3.05) is 18.5 Å². The van der Waals surface area contributed by atoms with Gasteiger partial charge in [0, 0.05) is 11.6 Å². The Kier molecular flexibility index (Phi) is 5.63. The topological polar surface area (TPSA) is 105 Å². The highest BCUT2D eigenvalue weighted by Gasteiger charge is 2.46. The van der Waals surface area contributed by atoms with Crippen molar-refractivity contribution in [3.63, 3.8) is 0 Å². The third-order valence-electron chi connectivity index (χ3n) is 4.86. The average molecular weight is 435 g/mol. The number of nitrogens with one attached hydrogen (secondary N) is 2. The van der Waals surface area contributed by atoms with Crippen LogP contribution in [0.25, 0.3) is 0 Å². The van der Waals surface area contributed by atoms with Gasteiger partial charge in [-0.15, -0.1) is 0 Å². The lowest BCUT2D eigenvalue weighted by molar-refractivity contribution is 0.191. The molecule has 1 aliphatic carbocycles. The summed E-state index contributed by atoms with van der Waals surface area (Å²) in [4.78, 5) is 11.8. The molecule has 0 unspecified atom stereocenters. The van der Waals surface area contributed by atoms with E-state index < -0.39 is 31.3 Å². The van der Waals surface area contributed by atoms with Crippen LogP contribution in [0.15, 0.2) is 28.1 Å². The van der Waals surface area contributed by atoms with Crippen LogP contribution in [0.1, 0.15) is 26.2 Å². The molecule has 0 radical (unpaired) electrons. The number of allylic oxidation sites excluding steroid dienone is 1. The summed E-state index contributed by atoms with van der Waals surface area (Å²) >= 11 is 12.1. The van der Waals surface area contributed by atoms with Crippen LogP contribution in [0.4, 0.5) is 10.5 Å². The molecule has 2 atom stereocenters. The summed E-state index contributed by atoms with van der Waals surface area (Å²) in [5.41, 5.74) is -0.0592. The number of carbonyl (C=O) groups is 1. The Morgan fingerprint density at radius 3 is 2.70 bits per heavy atom. The highest BCUT2D eigenvalue weighted by Crippen LogP contribution is 2.43. The van der Waals surface area contributed by atoms with Crippen molar-refractivity contribution >= 4 is 44.8 Å². The number of benzene rings is 1. The van der Waals surface area contributed by atoms with E-state index in [0.717, 1.165) is 6.42 Å². The quantitative estimate of drug-likeness (QED) is 0.629. The zero-order valence-electron chi connectivity index (χ0n) is 14.6. The van der Waals surface area contributed by atoms with Gasteiger partial charge in [0.05, 0.1) is 28.1 Å². The van der Waals surface area contributed by atoms with Crippen LogP contribution >= 0.6 is 23.2 Å². The lowest BCUT2D eigenvalue weighted by Crippen LogP contribution is -2.37. The van der Waals surface area contributed by atoms with Gasteiger partial charge in [0.2, 0.25) is 0 Å². The van der Waals surface area contributed by atoms with Crippen LogP contribution < -0.4 is 10.6 Å².